The standard InChI is InChI=1S/C13H18BrNO3/c1-3-13(7-16,8-17)15-12(18)11-5-4-10(14)6-9(11)2/h4-6,16-17H,3,7-8H2,1-2H3,(H,15,18). The molecule has 1 rings (SSSR count). The van der Waals surface area contributed by atoms with Crippen molar-refractivity contribution in [2.45, 2.75) is 25.8 Å². The van der Waals surface area contributed by atoms with E-state index in [1.807, 2.05) is 13.0 Å². The second-order valence-electron chi connectivity index (χ2n) is 4.36. The van der Waals surface area contributed by atoms with Gasteiger partial charge < -0.3 is 15.5 Å². The first-order chi connectivity index (χ1) is 8.48. The van der Waals surface area contributed by atoms with Crippen molar-refractivity contribution in [3.05, 3.63) is 33.8 Å². The summed E-state index contributed by atoms with van der Waals surface area (Å²) in [5, 5.41) is 21.3. The summed E-state index contributed by atoms with van der Waals surface area (Å²) < 4.78 is 0.905. The topological polar surface area (TPSA) is 69.6 Å². The predicted octanol–water partition coefficient (Wildman–Crippen LogP) is 1.62. The molecule has 3 N–H and O–H groups in total. The van der Waals surface area contributed by atoms with Gasteiger partial charge in [0.15, 0.2) is 0 Å². The summed E-state index contributed by atoms with van der Waals surface area (Å²) in [5.74, 6) is -0.287. The Kier molecular flexibility index (Phi) is 5.31. The molecule has 0 spiro atoms. The van der Waals surface area contributed by atoms with Crippen LogP contribution in [0.1, 0.15) is 29.3 Å². The first-order valence-electron chi connectivity index (χ1n) is 5.78. The van der Waals surface area contributed by atoms with Crippen LogP contribution in [0.3, 0.4) is 0 Å². The molecule has 0 unspecified atom stereocenters. The second kappa shape index (κ2) is 6.31. The molecule has 0 saturated heterocycles. The minimum Gasteiger partial charge on any atom is -0.394 e. The summed E-state index contributed by atoms with van der Waals surface area (Å²) in [6.07, 6.45) is 0.460. The van der Waals surface area contributed by atoms with Gasteiger partial charge in [-0.15, -0.1) is 0 Å². The van der Waals surface area contributed by atoms with E-state index in [4.69, 9.17) is 0 Å². The Bertz CT molecular complexity index is 422. The van der Waals surface area contributed by atoms with Crippen molar-refractivity contribution in [1.29, 1.82) is 0 Å². The van der Waals surface area contributed by atoms with Crippen LogP contribution in [0.2, 0.25) is 0 Å². The number of halogens is 1. The van der Waals surface area contributed by atoms with Gasteiger partial charge in [0.05, 0.1) is 18.8 Å². The Morgan fingerprint density at radius 2 is 2.00 bits per heavy atom. The summed E-state index contributed by atoms with van der Waals surface area (Å²) in [7, 11) is 0. The lowest BCUT2D eigenvalue weighted by Gasteiger charge is -2.29. The maximum absolute atomic E-state index is 12.1. The van der Waals surface area contributed by atoms with Gasteiger partial charge in [0, 0.05) is 10.0 Å². The monoisotopic (exact) mass is 315 g/mol. The van der Waals surface area contributed by atoms with Crippen LogP contribution in [0.4, 0.5) is 0 Å². The van der Waals surface area contributed by atoms with Crippen molar-refractivity contribution in [1.82, 2.24) is 5.32 Å². The number of aryl methyl sites for hydroxylation is 1. The Morgan fingerprint density at radius 1 is 1.39 bits per heavy atom. The number of hydrogen-bond acceptors (Lipinski definition) is 3. The molecule has 1 aromatic carbocycles. The number of hydrogen-bond donors (Lipinski definition) is 3. The molecular weight excluding hydrogens is 298 g/mol. The van der Waals surface area contributed by atoms with Crippen LogP contribution in [0.5, 0.6) is 0 Å². The third kappa shape index (κ3) is 3.31. The molecule has 4 nitrogen and oxygen atoms in total. The van der Waals surface area contributed by atoms with Gasteiger partial charge in [0.2, 0.25) is 0 Å². The predicted molar refractivity (Wildman–Crippen MR) is 73.5 cm³/mol. The van der Waals surface area contributed by atoms with Crippen molar-refractivity contribution < 1.29 is 15.0 Å². The lowest BCUT2D eigenvalue weighted by molar-refractivity contribution is 0.0652. The first-order valence-corrected chi connectivity index (χ1v) is 6.57. The van der Waals surface area contributed by atoms with E-state index in [9.17, 15) is 15.0 Å². The molecular formula is C13H18BrNO3. The SMILES string of the molecule is CCC(CO)(CO)NC(=O)c1ccc(Br)cc1C. The van der Waals surface area contributed by atoms with Gasteiger partial charge in [0.25, 0.3) is 5.91 Å². The van der Waals surface area contributed by atoms with E-state index in [-0.39, 0.29) is 19.1 Å². The molecule has 0 radical (unpaired) electrons. The maximum atomic E-state index is 12.1. The normalized spacial score (nSPS) is 11.4. The molecule has 5 heteroatoms. The van der Waals surface area contributed by atoms with Gasteiger partial charge in [-0.05, 0) is 37.1 Å². The van der Waals surface area contributed by atoms with E-state index in [1.165, 1.54) is 0 Å². The smallest absolute Gasteiger partial charge is 0.252 e. The zero-order chi connectivity index (χ0) is 13.8. The molecule has 0 aromatic heterocycles. The van der Waals surface area contributed by atoms with Crippen LogP contribution in [0.15, 0.2) is 22.7 Å². The van der Waals surface area contributed by atoms with Crippen LogP contribution >= 0.6 is 15.9 Å². The van der Waals surface area contributed by atoms with Crippen LogP contribution in [0, 0.1) is 6.92 Å². The molecule has 0 fully saturated rings. The lowest BCUT2D eigenvalue weighted by atomic mass is 9.97. The Hall–Kier alpha value is -0.910. The van der Waals surface area contributed by atoms with Crippen molar-refractivity contribution in [3.63, 3.8) is 0 Å². The van der Waals surface area contributed by atoms with Gasteiger partial charge in [-0.2, -0.15) is 0 Å². The fraction of sp³-hybridized carbons (Fsp3) is 0.462. The van der Waals surface area contributed by atoms with Crippen molar-refractivity contribution in [2.75, 3.05) is 13.2 Å². The van der Waals surface area contributed by atoms with Gasteiger partial charge in [0.1, 0.15) is 0 Å². The van der Waals surface area contributed by atoms with Crippen LogP contribution in [0.25, 0.3) is 0 Å². The average Bonchev–Trinajstić information content (AvgIpc) is 2.36. The fourth-order valence-electron chi connectivity index (χ4n) is 1.63. The van der Waals surface area contributed by atoms with Crippen molar-refractivity contribution >= 4 is 21.8 Å². The van der Waals surface area contributed by atoms with E-state index in [1.54, 1.807) is 19.1 Å². The Morgan fingerprint density at radius 3 is 2.44 bits per heavy atom. The second-order valence-corrected chi connectivity index (χ2v) is 5.28. The third-order valence-electron chi connectivity index (χ3n) is 3.09. The highest BCUT2D eigenvalue weighted by Gasteiger charge is 2.29. The molecule has 100 valence electrons. The highest BCUT2D eigenvalue weighted by molar-refractivity contribution is 9.10. The molecule has 0 heterocycles. The minimum absolute atomic E-state index is 0.287. The van der Waals surface area contributed by atoms with E-state index in [0.717, 1.165) is 10.0 Å². The van der Waals surface area contributed by atoms with Crippen molar-refractivity contribution in [2.24, 2.45) is 0 Å². The summed E-state index contributed by atoms with van der Waals surface area (Å²) in [5.41, 5.74) is 0.414. The van der Waals surface area contributed by atoms with Crippen LogP contribution < -0.4 is 5.32 Å². The number of amides is 1. The average molecular weight is 316 g/mol. The van der Waals surface area contributed by atoms with E-state index < -0.39 is 5.54 Å². The Balaban J connectivity index is 2.94. The van der Waals surface area contributed by atoms with Gasteiger partial charge >= 0.3 is 0 Å². The van der Waals surface area contributed by atoms with E-state index in [0.29, 0.717) is 12.0 Å². The molecule has 0 aliphatic heterocycles. The molecule has 0 bridgehead atoms. The zero-order valence-corrected chi connectivity index (χ0v) is 12.1. The summed E-state index contributed by atoms with van der Waals surface area (Å²) in [6.45, 7) is 3.06. The Labute approximate surface area is 115 Å². The maximum Gasteiger partial charge on any atom is 0.252 e. The van der Waals surface area contributed by atoms with Gasteiger partial charge in [-0.1, -0.05) is 22.9 Å². The molecule has 1 amide bonds. The number of carbonyl (C=O) groups is 1. The van der Waals surface area contributed by atoms with Gasteiger partial charge in [-0.3, -0.25) is 4.79 Å². The van der Waals surface area contributed by atoms with E-state index >= 15 is 0 Å². The summed E-state index contributed by atoms with van der Waals surface area (Å²) in [4.78, 5) is 12.1. The molecule has 0 saturated carbocycles. The summed E-state index contributed by atoms with van der Waals surface area (Å²) in [6, 6.07) is 5.35. The fourth-order valence-corrected chi connectivity index (χ4v) is 2.11. The van der Waals surface area contributed by atoms with E-state index in [2.05, 4.69) is 21.2 Å². The minimum atomic E-state index is -0.962. The number of aliphatic hydroxyl groups excluding tert-OH is 2. The lowest BCUT2D eigenvalue weighted by Crippen LogP contribution is -2.53. The zero-order valence-electron chi connectivity index (χ0n) is 10.5. The summed E-state index contributed by atoms with van der Waals surface area (Å²) >= 11 is 3.34. The molecule has 0 atom stereocenters. The quantitative estimate of drug-likeness (QED) is 0.773. The number of carbonyl (C=O) groups excluding carboxylic acids is 1. The molecule has 1 aromatic rings. The highest BCUT2D eigenvalue weighted by Crippen LogP contribution is 2.17. The molecule has 0 aliphatic carbocycles. The third-order valence-corrected chi connectivity index (χ3v) is 3.59. The number of benzene rings is 1. The number of aliphatic hydroxyl groups is 2. The number of nitrogens with one attached hydrogen (secondary N) is 1. The van der Waals surface area contributed by atoms with Crippen LogP contribution in [-0.2, 0) is 0 Å². The van der Waals surface area contributed by atoms with Crippen LogP contribution in [-0.4, -0.2) is 34.9 Å². The largest absolute Gasteiger partial charge is 0.394 e. The van der Waals surface area contributed by atoms with Gasteiger partial charge in [-0.25, -0.2) is 0 Å². The van der Waals surface area contributed by atoms with Crippen molar-refractivity contribution in [3.8, 4) is 0 Å². The highest BCUT2D eigenvalue weighted by atomic mass is 79.9. The molecule has 0 aliphatic rings. The molecule has 18 heavy (non-hydrogen) atoms. The first kappa shape index (κ1) is 15.1. The number of rotatable bonds is 5.